The molecule has 47 heavy (non-hydrogen) atoms. The zero-order chi connectivity index (χ0) is 32.8. The van der Waals surface area contributed by atoms with Crippen molar-refractivity contribution in [2.75, 3.05) is 13.2 Å². The van der Waals surface area contributed by atoms with Crippen molar-refractivity contribution in [1.82, 2.24) is 43.4 Å². The molecular formula is C23H25N9O13P2. The number of fused-ring (bicyclic) bond motifs is 7. The monoisotopic (exact) mass is 697 g/mol. The van der Waals surface area contributed by atoms with E-state index in [0.29, 0.717) is 11.2 Å². The fraction of sp³-hybridized carbons (Fsp3) is 0.478. The van der Waals surface area contributed by atoms with Gasteiger partial charge < -0.3 is 34.5 Å². The van der Waals surface area contributed by atoms with E-state index in [1.54, 1.807) is 16.8 Å². The smallest absolute Gasteiger partial charge is 0.387 e. The van der Waals surface area contributed by atoms with E-state index in [4.69, 9.17) is 27.6 Å². The van der Waals surface area contributed by atoms with Crippen molar-refractivity contribution in [3.8, 4) is 0 Å². The van der Waals surface area contributed by atoms with Crippen molar-refractivity contribution in [2.45, 2.75) is 56.0 Å². The number of aliphatic hydroxyl groups is 2. The first-order valence-electron chi connectivity index (χ1n) is 14.0. The van der Waals surface area contributed by atoms with Gasteiger partial charge in [-0.3, -0.25) is 36.4 Å². The van der Waals surface area contributed by atoms with Crippen LogP contribution in [0.3, 0.4) is 0 Å². The molecule has 4 unspecified atom stereocenters. The number of imidazole rings is 3. The first kappa shape index (κ1) is 30.8. The summed E-state index contributed by atoms with van der Waals surface area (Å²) in [5.41, 5.74) is 0.414. The van der Waals surface area contributed by atoms with Crippen LogP contribution in [0.1, 0.15) is 18.3 Å². The Hall–Kier alpha value is -3.50. The third-order valence-corrected chi connectivity index (χ3v) is 9.96. The molecule has 0 aliphatic carbocycles. The number of ether oxygens (including phenoxy) is 2. The molecule has 5 aromatic rings. The minimum absolute atomic E-state index is 0.00168. The summed E-state index contributed by atoms with van der Waals surface area (Å²) >= 11 is 0. The van der Waals surface area contributed by atoms with E-state index < -0.39 is 83.5 Å². The van der Waals surface area contributed by atoms with E-state index in [-0.39, 0.29) is 22.6 Å². The molecular weight excluding hydrogens is 672 g/mol. The zero-order valence-electron chi connectivity index (χ0n) is 23.9. The number of aliphatic hydroxyl groups excluding tert-OH is 2. The van der Waals surface area contributed by atoms with Gasteiger partial charge in [-0.15, -0.1) is 0 Å². The molecule has 0 radical (unpaired) electrons. The van der Waals surface area contributed by atoms with Gasteiger partial charge in [-0.1, -0.05) is 0 Å². The molecule has 0 spiro atoms. The highest BCUT2D eigenvalue weighted by Crippen LogP contribution is 2.53. The van der Waals surface area contributed by atoms with Crippen molar-refractivity contribution < 1.29 is 56.7 Å². The maximum atomic E-state index is 13.3. The number of phosphoric ester groups is 2. The van der Waals surface area contributed by atoms with Crippen LogP contribution in [0.15, 0.2) is 36.2 Å². The van der Waals surface area contributed by atoms with Crippen LogP contribution < -0.4 is 5.56 Å². The Morgan fingerprint density at radius 1 is 0.809 bits per heavy atom. The van der Waals surface area contributed by atoms with Gasteiger partial charge in [-0.2, -0.15) is 0 Å². The quantitative estimate of drug-likeness (QED) is 0.139. The summed E-state index contributed by atoms with van der Waals surface area (Å²) in [7, 11) is -10.1. The van der Waals surface area contributed by atoms with Crippen LogP contribution in [-0.4, -0.2) is 113 Å². The fourth-order valence-electron chi connectivity index (χ4n) is 5.87. The molecule has 3 aliphatic heterocycles. The lowest BCUT2D eigenvalue weighted by molar-refractivity contribution is -0.0672. The maximum absolute atomic E-state index is 13.3. The molecule has 22 nitrogen and oxygen atoms in total. The van der Waals surface area contributed by atoms with E-state index in [9.17, 15) is 33.9 Å². The number of hydrogen-bond donors (Lipinski definition) is 5. The van der Waals surface area contributed by atoms with Crippen molar-refractivity contribution in [3.05, 3.63) is 47.6 Å². The molecule has 0 aromatic carbocycles. The highest BCUT2D eigenvalue weighted by atomic mass is 31.2. The predicted octanol–water partition coefficient (Wildman–Crippen LogP) is -0.945. The second-order valence-corrected chi connectivity index (χ2v) is 13.8. The second-order valence-electron chi connectivity index (χ2n) is 11.0. The minimum atomic E-state index is -5.09. The topological polar surface area (TPSA) is 282 Å². The van der Waals surface area contributed by atoms with E-state index in [0.717, 1.165) is 6.33 Å². The Morgan fingerprint density at radius 3 is 2.23 bits per heavy atom. The number of rotatable bonds is 2. The van der Waals surface area contributed by atoms with Crippen molar-refractivity contribution in [3.63, 3.8) is 0 Å². The van der Waals surface area contributed by atoms with Crippen LogP contribution in [0.2, 0.25) is 0 Å². The van der Waals surface area contributed by atoms with Crippen LogP contribution >= 0.6 is 15.6 Å². The molecule has 3 saturated heterocycles. The number of H-pyrrole nitrogens is 1. The van der Waals surface area contributed by atoms with Gasteiger partial charge in [0.15, 0.2) is 40.4 Å². The number of aryl methyl sites for hydroxylation is 1. The third kappa shape index (κ3) is 5.23. The molecule has 0 saturated carbocycles. The van der Waals surface area contributed by atoms with Gasteiger partial charge in [0.25, 0.3) is 5.56 Å². The minimum Gasteiger partial charge on any atom is -0.387 e. The normalized spacial score (nSPS) is 36.8. The first-order valence-corrected chi connectivity index (χ1v) is 16.9. The molecule has 24 heteroatoms. The van der Waals surface area contributed by atoms with E-state index in [1.165, 1.54) is 28.7 Å². The van der Waals surface area contributed by atoms with Gasteiger partial charge in [-0.25, -0.2) is 34.0 Å². The Bertz CT molecular complexity index is 2170. The molecule has 8 rings (SSSR count). The molecule has 2 bridgehead atoms. The first-order chi connectivity index (χ1) is 22.4. The van der Waals surface area contributed by atoms with Crippen LogP contribution in [0.25, 0.3) is 28.0 Å². The predicted molar refractivity (Wildman–Crippen MR) is 150 cm³/mol. The molecule has 5 N–H and O–H groups in total. The summed E-state index contributed by atoms with van der Waals surface area (Å²) in [6.07, 6.45) is -5.23. The van der Waals surface area contributed by atoms with Gasteiger partial charge >= 0.3 is 15.6 Å². The van der Waals surface area contributed by atoms with Crippen LogP contribution in [0.4, 0.5) is 0 Å². The molecule has 5 aromatic heterocycles. The average Bonchev–Trinajstić information content (AvgIpc) is 3.83. The van der Waals surface area contributed by atoms with Gasteiger partial charge in [0, 0.05) is 12.4 Å². The summed E-state index contributed by atoms with van der Waals surface area (Å²) in [6.45, 7) is -0.0712. The molecule has 8 heterocycles. The summed E-state index contributed by atoms with van der Waals surface area (Å²) in [4.78, 5) is 57.5. The molecule has 3 aliphatic rings. The number of aromatic amines is 1. The number of phosphoric acid groups is 2. The fourth-order valence-corrected chi connectivity index (χ4v) is 7.76. The van der Waals surface area contributed by atoms with E-state index in [2.05, 4.69) is 29.9 Å². The van der Waals surface area contributed by atoms with Gasteiger partial charge in [0.2, 0.25) is 0 Å². The number of nitrogens with zero attached hydrogens (tertiary/aromatic N) is 8. The zero-order valence-corrected chi connectivity index (χ0v) is 25.6. The lowest BCUT2D eigenvalue weighted by Crippen LogP contribution is -2.36. The standard InChI is InChI=1S/C23H25N9O13P2/c1-9-28-20-13(21(35)29-9)26-8-32(20)23-17-14(33)10(42-23)4-40-46(36,37)44-16-11(5-41-47(38,39)45-17)43-22(15(16)34)31-7-25-12-18-24-2-3-30(18)6-27-19(12)31/h2-3,6-8,10-11,14-17,22-23,33-34H,4-5H2,1H3,(H,36,37)(H,38,39)(H,28,29,35)/t10-,11-,14?,15?,16+,17+,22-,23-/m1/s1. The van der Waals surface area contributed by atoms with Crippen molar-refractivity contribution >= 4 is 43.6 Å². The molecule has 10 atom stereocenters. The maximum Gasteiger partial charge on any atom is 0.472 e. The Morgan fingerprint density at radius 2 is 1.47 bits per heavy atom. The van der Waals surface area contributed by atoms with Crippen molar-refractivity contribution in [1.29, 1.82) is 0 Å². The number of aromatic nitrogens is 9. The summed E-state index contributed by atoms with van der Waals surface area (Å²) in [5, 5.41) is 22.3. The largest absolute Gasteiger partial charge is 0.472 e. The molecule has 3 fully saturated rings. The van der Waals surface area contributed by atoms with Crippen molar-refractivity contribution in [2.24, 2.45) is 0 Å². The highest BCUT2D eigenvalue weighted by Gasteiger charge is 2.54. The Balaban J connectivity index is 1.11. The third-order valence-electron chi connectivity index (χ3n) is 7.99. The van der Waals surface area contributed by atoms with Crippen LogP contribution in [-0.2, 0) is 36.7 Å². The average molecular weight is 697 g/mol. The highest BCUT2D eigenvalue weighted by molar-refractivity contribution is 7.47. The molecule has 250 valence electrons. The summed E-state index contributed by atoms with van der Waals surface area (Å²) < 4.78 is 63.5. The van der Waals surface area contributed by atoms with Crippen LogP contribution in [0, 0.1) is 6.92 Å². The van der Waals surface area contributed by atoms with Gasteiger partial charge in [0.1, 0.15) is 48.8 Å². The summed E-state index contributed by atoms with van der Waals surface area (Å²) in [6, 6.07) is 0. The van der Waals surface area contributed by atoms with Crippen LogP contribution in [0.5, 0.6) is 0 Å². The SMILES string of the molecule is Cc1nc2c(ncn2[C@@H]2O[C@@H]3COP(=O)(O)O[C@@H]4C(O)[C@H](n5cnc6c5ncn5ccnc65)O[C@@H]4COP(=O)(O)O[C@H]2C3O)c(=O)[nH]1. The van der Waals surface area contributed by atoms with E-state index in [1.807, 2.05) is 0 Å². The Labute approximate surface area is 260 Å². The number of nitrogens with one attached hydrogen (secondary N) is 1. The lowest BCUT2D eigenvalue weighted by Gasteiger charge is -2.25. The van der Waals surface area contributed by atoms with Gasteiger partial charge in [-0.05, 0) is 6.92 Å². The summed E-state index contributed by atoms with van der Waals surface area (Å²) in [5.74, 6) is 0.220. The second kappa shape index (κ2) is 11.0. The molecule has 0 amide bonds. The van der Waals surface area contributed by atoms with E-state index >= 15 is 0 Å². The van der Waals surface area contributed by atoms with Gasteiger partial charge in [0.05, 0.1) is 25.9 Å². The number of hydrogen-bond acceptors (Lipinski definition) is 16. The Kier molecular flexibility index (Phi) is 7.22. The lowest BCUT2D eigenvalue weighted by atomic mass is 10.1.